The third-order valence-electron chi connectivity index (χ3n) is 5.13. The monoisotopic (exact) mass is 372 g/mol. The highest BCUT2D eigenvalue weighted by molar-refractivity contribution is 7.91. The molecular weight excluding hydrogens is 348 g/mol. The molecule has 1 fully saturated rings. The zero-order valence-corrected chi connectivity index (χ0v) is 16.4. The predicted octanol–water partition coefficient (Wildman–Crippen LogP) is 3.37. The van der Waals surface area contributed by atoms with Crippen LogP contribution in [0.15, 0.2) is 24.3 Å². The molecule has 0 spiro atoms. The molecule has 1 aromatic carbocycles. The lowest BCUT2D eigenvalue weighted by Crippen LogP contribution is -2.13. The highest BCUT2D eigenvalue weighted by Gasteiger charge is 2.31. The number of ketones is 1. The summed E-state index contributed by atoms with van der Waals surface area (Å²) in [5.74, 6) is 0.301. The Morgan fingerprint density at radius 3 is 2.54 bits per heavy atom. The number of sulfone groups is 1. The molecule has 3 rings (SSSR count). The van der Waals surface area contributed by atoms with Crippen LogP contribution in [0.4, 0.5) is 0 Å². The van der Waals surface area contributed by atoms with Gasteiger partial charge in [0.1, 0.15) is 0 Å². The first-order valence-electron chi connectivity index (χ1n) is 8.74. The Balaban J connectivity index is 1.85. The molecule has 5 nitrogen and oxygen atoms in total. The minimum absolute atomic E-state index is 0.0527. The molecule has 0 aliphatic carbocycles. The summed E-state index contributed by atoms with van der Waals surface area (Å²) in [7, 11) is -2.97. The van der Waals surface area contributed by atoms with Gasteiger partial charge in [0.15, 0.2) is 15.6 Å². The van der Waals surface area contributed by atoms with Crippen molar-refractivity contribution < 1.29 is 13.2 Å². The topological polar surface area (TPSA) is 69.0 Å². The molecule has 2 heterocycles. The molecule has 0 N–H and O–H groups in total. The third-order valence-corrected chi connectivity index (χ3v) is 6.88. The summed E-state index contributed by atoms with van der Waals surface area (Å²) >= 11 is 0. The second-order valence-electron chi connectivity index (χ2n) is 7.08. The van der Waals surface area contributed by atoms with E-state index in [0.29, 0.717) is 12.0 Å². The summed E-state index contributed by atoms with van der Waals surface area (Å²) in [5.41, 5.74) is 5.49. The number of allylic oxidation sites excluding steroid dienone is 1. The first kappa shape index (κ1) is 18.6. The molecule has 1 atom stereocenters. The molecule has 0 radical (unpaired) electrons. The van der Waals surface area contributed by atoms with Crippen LogP contribution >= 0.6 is 0 Å². The Morgan fingerprint density at radius 2 is 1.92 bits per heavy atom. The van der Waals surface area contributed by atoms with Crippen LogP contribution < -0.4 is 0 Å². The van der Waals surface area contributed by atoms with Gasteiger partial charge < -0.3 is 0 Å². The Morgan fingerprint density at radius 1 is 1.19 bits per heavy atom. The molecule has 1 aliphatic heterocycles. The van der Waals surface area contributed by atoms with Gasteiger partial charge >= 0.3 is 0 Å². The molecule has 0 saturated carbocycles. The van der Waals surface area contributed by atoms with Crippen molar-refractivity contribution in [2.45, 2.75) is 40.2 Å². The van der Waals surface area contributed by atoms with E-state index in [2.05, 4.69) is 5.10 Å². The van der Waals surface area contributed by atoms with Crippen molar-refractivity contribution in [3.8, 4) is 0 Å². The standard InChI is InChI=1S/C20H24N2O3S/c1-13-5-6-17(11-14(13)2)20(23)8-7-19-15(3)21-22(16(19)4)18-9-10-26(24,25)12-18/h5-8,11,18H,9-10,12H2,1-4H3/b8-7+/t18-/m0/s1. The van der Waals surface area contributed by atoms with Gasteiger partial charge in [-0.05, 0) is 63.5 Å². The van der Waals surface area contributed by atoms with E-state index >= 15 is 0 Å². The van der Waals surface area contributed by atoms with Crippen LogP contribution in [0, 0.1) is 27.7 Å². The highest BCUT2D eigenvalue weighted by atomic mass is 32.2. The third kappa shape index (κ3) is 3.65. The molecule has 0 amide bonds. The van der Waals surface area contributed by atoms with Gasteiger partial charge in [-0.2, -0.15) is 5.10 Å². The van der Waals surface area contributed by atoms with Crippen molar-refractivity contribution in [2.75, 3.05) is 11.5 Å². The van der Waals surface area contributed by atoms with Gasteiger partial charge in [0.25, 0.3) is 0 Å². The Kier molecular flexibility index (Phi) is 4.88. The van der Waals surface area contributed by atoms with Gasteiger partial charge in [-0.15, -0.1) is 0 Å². The minimum Gasteiger partial charge on any atom is -0.289 e. The first-order valence-corrected chi connectivity index (χ1v) is 10.6. The number of aromatic nitrogens is 2. The zero-order valence-electron chi connectivity index (χ0n) is 15.6. The average molecular weight is 372 g/mol. The molecule has 6 heteroatoms. The highest BCUT2D eigenvalue weighted by Crippen LogP contribution is 2.27. The van der Waals surface area contributed by atoms with Crippen molar-refractivity contribution in [2.24, 2.45) is 0 Å². The number of benzene rings is 1. The van der Waals surface area contributed by atoms with E-state index in [1.165, 1.54) is 0 Å². The minimum atomic E-state index is -2.97. The number of hydrogen-bond donors (Lipinski definition) is 0. The van der Waals surface area contributed by atoms with E-state index in [1.54, 1.807) is 16.8 Å². The van der Waals surface area contributed by atoms with Gasteiger partial charge in [0.2, 0.25) is 0 Å². The number of carbonyl (C=O) groups excluding carboxylic acids is 1. The number of carbonyl (C=O) groups is 1. The van der Waals surface area contributed by atoms with Crippen LogP contribution in [0.2, 0.25) is 0 Å². The van der Waals surface area contributed by atoms with Crippen LogP contribution in [0.25, 0.3) is 6.08 Å². The first-order chi connectivity index (χ1) is 12.2. The number of nitrogens with zero attached hydrogens (tertiary/aromatic N) is 2. The second-order valence-corrected chi connectivity index (χ2v) is 9.31. The summed E-state index contributed by atoms with van der Waals surface area (Å²) < 4.78 is 25.3. The van der Waals surface area contributed by atoms with Gasteiger partial charge in [-0.1, -0.05) is 12.1 Å². The zero-order chi connectivity index (χ0) is 19.1. The van der Waals surface area contributed by atoms with Crippen LogP contribution in [0.5, 0.6) is 0 Å². The predicted molar refractivity (Wildman–Crippen MR) is 103 cm³/mol. The molecule has 138 valence electrons. The van der Waals surface area contributed by atoms with Crippen LogP contribution in [0.1, 0.15) is 50.9 Å². The van der Waals surface area contributed by atoms with E-state index < -0.39 is 9.84 Å². The lowest BCUT2D eigenvalue weighted by Gasteiger charge is -2.10. The fraction of sp³-hybridized carbons (Fsp3) is 0.400. The van der Waals surface area contributed by atoms with Crippen LogP contribution in [-0.2, 0) is 9.84 Å². The molecule has 1 saturated heterocycles. The van der Waals surface area contributed by atoms with Crippen molar-refractivity contribution in [1.29, 1.82) is 0 Å². The summed E-state index contributed by atoms with van der Waals surface area (Å²) in [6, 6.07) is 5.57. The smallest absolute Gasteiger partial charge is 0.185 e. The summed E-state index contributed by atoms with van der Waals surface area (Å²) in [6.07, 6.45) is 3.95. The van der Waals surface area contributed by atoms with Gasteiger partial charge in [0.05, 0.1) is 23.2 Å². The molecular formula is C20H24N2O3S. The largest absolute Gasteiger partial charge is 0.289 e. The number of rotatable bonds is 4. The average Bonchev–Trinajstić information content (AvgIpc) is 3.07. The van der Waals surface area contributed by atoms with E-state index in [-0.39, 0.29) is 23.3 Å². The van der Waals surface area contributed by atoms with E-state index in [1.807, 2.05) is 45.9 Å². The van der Waals surface area contributed by atoms with Crippen molar-refractivity contribution in [3.05, 3.63) is 57.9 Å². The molecule has 0 unspecified atom stereocenters. The summed E-state index contributed by atoms with van der Waals surface area (Å²) in [4.78, 5) is 12.5. The molecule has 0 bridgehead atoms. The van der Waals surface area contributed by atoms with Crippen LogP contribution in [-0.4, -0.2) is 35.5 Å². The fourth-order valence-corrected chi connectivity index (χ4v) is 5.08. The Hall–Kier alpha value is -2.21. The van der Waals surface area contributed by atoms with Crippen LogP contribution in [0.3, 0.4) is 0 Å². The maximum atomic E-state index is 12.5. The van der Waals surface area contributed by atoms with Crippen molar-refractivity contribution in [1.82, 2.24) is 9.78 Å². The quantitative estimate of drug-likeness (QED) is 0.609. The van der Waals surface area contributed by atoms with Crippen molar-refractivity contribution in [3.63, 3.8) is 0 Å². The van der Waals surface area contributed by atoms with E-state index in [9.17, 15) is 13.2 Å². The number of aryl methyl sites for hydroxylation is 3. The molecule has 26 heavy (non-hydrogen) atoms. The molecule has 1 aliphatic rings. The molecule has 1 aromatic heterocycles. The maximum absolute atomic E-state index is 12.5. The number of hydrogen-bond acceptors (Lipinski definition) is 4. The lowest BCUT2D eigenvalue weighted by atomic mass is 10.0. The Labute approximate surface area is 154 Å². The molecule has 2 aromatic rings. The van der Waals surface area contributed by atoms with E-state index in [4.69, 9.17) is 0 Å². The van der Waals surface area contributed by atoms with Gasteiger partial charge in [0, 0.05) is 16.8 Å². The Bertz CT molecular complexity index is 1000. The summed E-state index contributed by atoms with van der Waals surface area (Å²) in [5, 5.41) is 4.52. The van der Waals surface area contributed by atoms with Gasteiger partial charge in [-0.3, -0.25) is 9.48 Å². The van der Waals surface area contributed by atoms with Crippen molar-refractivity contribution >= 4 is 21.7 Å². The van der Waals surface area contributed by atoms with E-state index in [0.717, 1.165) is 28.1 Å². The fourth-order valence-electron chi connectivity index (χ4n) is 3.39. The normalized spacial score (nSPS) is 19.3. The maximum Gasteiger partial charge on any atom is 0.185 e. The van der Waals surface area contributed by atoms with Gasteiger partial charge in [-0.25, -0.2) is 8.42 Å². The second kappa shape index (κ2) is 6.83. The SMILES string of the molecule is Cc1ccc(C(=O)/C=C/c2c(C)nn([C@H]3CCS(=O)(=O)C3)c2C)cc1C. The lowest BCUT2D eigenvalue weighted by molar-refractivity contribution is 0.104. The summed E-state index contributed by atoms with van der Waals surface area (Å²) in [6.45, 7) is 7.81.